The predicted octanol–water partition coefficient (Wildman–Crippen LogP) is 4.37. The molecule has 0 unspecified atom stereocenters. The second-order valence-electron chi connectivity index (χ2n) is 7.13. The number of amides is 1. The first kappa shape index (κ1) is 19.1. The van der Waals surface area contributed by atoms with Crippen LogP contribution in [0.5, 0.6) is 5.75 Å². The van der Waals surface area contributed by atoms with E-state index in [1.807, 2.05) is 47.4 Å². The Morgan fingerprint density at radius 1 is 1.07 bits per heavy atom. The number of anilines is 1. The van der Waals surface area contributed by atoms with E-state index < -0.39 is 0 Å². The fourth-order valence-electron chi connectivity index (χ4n) is 3.80. The third-order valence-electron chi connectivity index (χ3n) is 5.45. The number of rotatable bonds is 5. The Balaban J connectivity index is 1.41. The van der Waals surface area contributed by atoms with E-state index >= 15 is 0 Å². The van der Waals surface area contributed by atoms with E-state index in [2.05, 4.69) is 24.0 Å². The number of methoxy groups -OCH3 is 1. The van der Waals surface area contributed by atoms with Crippen LogP contribution in [0.1, 0.15) is 18.2 Å². The fourth-order valence-corrected chi connectivity index (χ4v) is 3.80. The highest BCUT2D eigenvalue weighted by Crippen LogP contribution is 2.27. The number of carbonyl (C=O) groups excluding carboxylic acids is 1. The molecule has 0 spiro atoms. The minimum absolute atomic E-state index is 0.0479. The molecule has 1 aromatic heterocycles. The minimum atomic E-state index is 0.0479. The molecule has 0 bridgehead atoms. The predicted molar refractivity (Wildman–Crippen MR) is 116 cm³/mol. The number of furan rings is 1. The van der Waals surface area contributed by atoms with Crippen molar-refractivity contribution < 1.29 is 13.9 Å². The molecule has 2 aromatic carbocycles. The zero-order valence-electron chi connectivity index (χ0n) is 16.9. The number of carbonyl (C=O) groups is 1. The van der Waals surface area contributed by atoms with E-state index in [1.165, 1.54) is 0 Å². The van der Waals surface area contributed by atoms with Gasteiger partial charge in [0.25, 0.3) is 0 Å². The first-order valence-corrected chi connectivity index (χ1v) is 10.1. The molecular formula is C24H26N2O3. The Bertz CT molecular complexity index is 1010. The van der Waals surface area contributed by atoms with Gasteiger partial charge >= 0.3 is 0 Å². The molecule has 29 heavy (non-hydrogen) atoms. The van der Waals surface area contributed by atoms with Crippen molar-refractivity contribution in [1.82, 2.24) is 4.90 Å². The van der Waals surface area contributed by atoms with Gasteiger partial charge in [-0.25, -0.2) is 0 Å². The lowest BCUT2D eigenvalue weighted by Gasteiger charge is -2.35. The van der Waals surface area contributed by atoms with Crippen molar-refractivity contribution in [2.45, 2.75) is 13.3 Å². The van der Waals surface area contributed by atoms with Gasteiger partial charge in [0.15, 0.2) is 0 Å². The Hall–Kier alpha value is -3.21. The number of benzene rings is 2. The SMILES string of the molecule is CCc1oc2ccccc2c1/C=C/C(=O)N1CCN(c2ccc(OC)cc2)CC1. The highest BCUT2D eigenvalue weighted by atomic mass is 16.5. The number of hydrogen-bond acceptors (Lipinski definition) is 4. The van der Waals surface area contributed by atoms with Crippen molar-refractivity contribution in [3.8, 4) is 5.75 Å². The maximum atomic E-state index is 12.7. The number of fused-ring (bicyclic) bond motifs is 1. The van der Waals surface area contributed by atoms with Gasteiger partial charge in [0.1, 0.15) is 17.1 Å². The van der Waals surface area contributed by atoms with Gasteiger partial charge in [-0.2, -0.15) is 0 Å². The number of aryl methyl sites for hydroxylation is 1. The Morgan fingerprint density at radius 2 is 1.79 bits per heavy atom. The van der Waals surface area contributed by atoms with Crippen LogP contribution in [0.15, 0.2) is 59.0 Å². The van der Waals surface area contributed by atoms with Crippen LogP contribution in [0.4, 0.5) is 5.69 Å². The summed E-state index contributed by atoms with van der Waals surface area (Å²) in [5.41, 5.74) is 3.03. The average molecular weight is 390 g/mol. The monoisotopic (exact) mass is 390 g/mol. The van der Waals surface area contributed by atoms with Crippen LogP contribution in [0.2, 0.25) is 0 Å². The number of ether oxygens (including phenoxy) is 1. The Labute approximate surface area is 171 Å². The van der Waals surface area contributed by atoms with E-state index in [1.54, 1.807) is 13.2 Å². The van der Waals surface area contributed by atoms with Crippen LogP contribution < -0.4 is 9.64 Å². The Morgan fingerprint density at radius 3 is 2.48 bits per heavy atom. The highest BCUT2D eigenvalue weighted by molar-refractivity contribution is 5.96. The molecule has 1 aliphatic rings. The highest BCUT2D eigenvalue weighted by Gasteiger charge is 2.20. The van der Waals surface area contributed by atoms with Crippen LogP contribution in [0.25, 0.3) is 17.0 Å². The second kappa shape index (κ2) is 8.43. The summed E-state index contributed by atoms with van der Waals surface area (Å²) >= 11 is 0. The van der Waals surface area contributed by atoms with Crippen LogP contribution in [0, 0.1) is 0 Å². The van der Waals surface area contributed by atoms with Crippen LogP contribution in [-0.2, 0) is 11.2 Å². The minimum Gasteiger partial charge on any atom is -0.497 e. The second-order valence-corrected chi connectivity index (χ2v) is 7.13. The largest absolute Gasteiger partial charge is 0.497 e. The van der Waals surface area contributed by atoms with Crippen molar-refractivity contribution in [2.24, 2.45) is 0 Å². The van der Waals surface area contributed by atoms with Gasteiger partial charge in [-0.05, 0) is 36.4 Å². The molecular weight excluding hydrogens is 364 g/mol. The summed E-state index contributed by atoms with van der Waals surface area (Å²) in [5.74, 6) is 1.82. The van der Waals surface area contributed by atoms with Crippen LogP contribution in [-0.4, -0.2) is 44.1 Å². The first-order valence-electron chi connectivity index (χ1n) is 10.1. The number of nitrogens with zero attached hydrogens (tertiary/aromatic N) is 2. The van der Waals surface area contributed by atoms with Gasteiger partial charge in [0.2, 0.25) is 5.91 Å². The summed E-state index contributed by atoms with van der Waals surface area (Å²) in [4.78, 5) is 16.9. The molecule has 0 saturated carbocycles. The lowest BCUT2D eigenvalue weighted by atomic mass is 10.1. The smallest absolute Gasteiger partial charge is 0.246 e. The molecule has 0 aliphatic carbocycles. The number of hydrogen-bond donors (Lipinski definition) is 0. The quantitative estimate of drug-likeness (QED) is 0.607. The van der Waals surface area contributed by atoms with Gasteiger partial charge < -0.3 is 19.0 Å². The molecule has 2 heterocycles. The summed E-state index contributed by atoms with van der Waals surface area (Å²) in [5, 5.41) is 1.05. The molecule has 1 saturated heterocycles. The maximum Gasteiger partial charge on any atom is 0.246 e. The normalized spacial score (nSPS) is 14.7. The molecule has 0 radical (unpaired) electrons. The fraction of sp³-hybridized carbons (Fsp3) is 0.292. The van der Waals surface area contributed by atoms with Crippen molar-refractivity contribution in [2.75, 3.05) is 38.2 Å². The standard InChI is InChI=1S/C24H26N2O3/c1-3-22-21(20-6-4-5-7-23(20)29-22)12-13-24(27)26-16-14-25(15-17-26)18-8-10-19(28-2)11-9-18/h4-13H,3,14-17H2,1-2H3/b13-12+. The molecule has 1 fully saturated rings. The summed E-state index contributed by atoms with van der Waals surface area (Å²) in [6.07, 6.45) is 4.38. The number of piperazine rings is 1. The molecule has 0 atom stereocenters. The van der Waals surface area contributed by atoms with Gasteiger partial charge in [-0.15, -0.1) is 0 Å². The average Bonchev–Trinajstić information content (AvgIpc) is 3.15. The lowest BCUT2D eigenvalue weighted by molar-refractivity contribution is -0.126. The summed E-state index contributed by atoms with van der Waals surface area (Å²) in [6, 6.07) is 16.0. The van der Waals surface area contributed by atoms with E-state index in [0.29, 0.717) is 13.1 Å². The van der Waals surface area contributed by atoms with Crippen molar-refractivity contribution in [3.05, 3.63) is 65.9 Å². The molecule has 0 N–H and O–H groups in total. The van der Waals surface area contributed by atoms with Gasteiger partial charge in [0, 0.05) is 55.3 Å². The van der Waals surface area contributed by atoms with Crippen LogP contribution in [0.3, 0.4) is 0 Å². The third kappa shape index (κ3) is 3.99. The van der Waals surface area contributed by atoms with Crippen molar-refractivity contribution in [3.63, 3.8) is 0 Å². The van der Waals surface area contributed by atoms with Gasteiger partial charge in [0.05, 0.1) is 7.11 Å². The molecule has 5 heteroatoms. The first-order chi connectivity index (χ1) is 14.2. The lowest BCUT2D eigenvalue weighted by Crippen LogP contribution is -2.48. The topological polar surface area (TPSA) is 45.9 Å². The van der Waals surface area contributed by atoms with E-state index in [4.69, 9.17) is 9.15 Å². The van der Waals surface area contributed by atoms with Gasteiger partial charge in [-0.3, -0.25) is 4.79 Å². The molecule has 1 aliphatic heterocycles. The Kier molecular flexibility index (Phi) is 5.56. The summed E-state index contributed by atoms with van der Waals surface area (Å²) < 4.78 is 11.1. The zero-order chi connectivity index (χ0) is 20.2. The summed E-state index contributed by atoms with van der Waals surface area (Å²) in [7, 11) is 1.67. The van der Waals surface area contributed by atoms with Gasteiger partial charge in [-0.1, -0.05) is 25.1 Å². The van der Waals surface area contributed by atoms with E-state index in [0.717, 1.165) is 53.2 Å². The molecule has 1 amide bonds. The van der Waals surface area contributed by atoms with Crippen molar-refractivity contribution in [1.29, 1.82) is 0 Å². The third-order valence-corrected chi connectivity index (χ3v) is 5.45. The molecule has 150 valence electrons. The molecule has 5 nitrogen and oxygen atoms in total. The van der Waals surface area contributed by atoms with Crippen molar-refractivity contribution >= 4 is 28.6 Å². The summed E-state index contributed by atoms with van der Waals surface area (Å²) in [6.45, 7) is 5.13. The molecule has 3 aromatic rings. The molecule has 4 rings (SSSR count). The van der Waals surface area contributed by atoms with Crippen LogP contribution >= 0.6 is 0 Å². The zero-order valence-corrected chi connectivity index (χ0v) is 16.9. The maximum absolute atomic E-state index is 12.7. The number of para-hydroxylation sites is 1. The van der Waals surface area contributed by atoms with E-state index in [9.17, 15) is 4.79 Å². The van der Waals surface area contributed by atoms with E-state index in [-0.39, 0.29) is 5.91 Å².